The van der Waals surface area contributed by atoms with E-state index >= 15 is 0 Å². The molecule has 148 valence electrons. The average molecular weight is 399 g/mol. The van der Waals surface area contributed by atoms with Crippen molar-refractivity contribution < 1.29 is 32.5 Å². The number of nitro groups is 2. The second-order valence-electron chi connectivity index (χ2n) is 5.53. The van der Waals surface area contributed by atoms with Crippen LogP contribution in [0.25, 0.3) is 0 Å². The Hall–Kier alpha value is -3.70. The van der Waals surface area contributed by atoms with Gasteiger partial charge >= 0.3 is 6.18 Å². The molecule has 0 radical (unpaired) electrons. The largest absolute Gasteiger partial charge is 0.484 e. The fourth-order valence-electron chi connectivity index (χ4n) is 2.21. The number of anilines is 1. The lowest BCUT2D eigenvalue weighted by Gasteiger charge is -2.11. The van der Waals surface area contributed by atoms with Crippen molar-refractivity contribution >= 4 is 23.0 Å². The molecule has 2 rings (SSSR count). The van der Waals surface area contributed by atoms with Crippen molar-refractivity contribution in [2.45, 2.75) is 13.1 Å². The third kappa shape index (κ3) is 5.16. The number of nitrogens with zero attached hydrogens (tertiary/aromatic N) is 2. The molecule has 0 aliphatic heterocycles. The van der Waals surface area contributed by atoms with Crippen LogP contribution in [0.2, 0.25) is 0 Å². The third-order valence-corrected chi connectivity index (χ3v) is 3.53. The molecular weight excluding hydrogens is 387 g/mol. The van der Waals surface area contributed by atoms with Gasteiger partial charge in [0.2, 0.25) is 0 Å². The highest BCUT2D eigenvalue weighted by Gasteiger charge is 2.28. The summed E-state index contributed by atoms with van der Waals surface area (Å²) < 4.78 is 40.9. The van der Waals surface area contributed by atoms with Gasteiger partial charge in [-0.05, 0) is 31.2 Å². The Morgan fingerprint density at radius 2 is 1.71 bits per heavy atom. The standard InChI is InChI=1S/C16H12F3N3O6/c1-9-13(6-11(21(24)25)7-14(9)22(26)27)15(23)20-10-2-4-12(5-3-10)28-8-16(17,18)19/h2-7H,8H2,1H3,(H,20,23). The molecular formula is C16H12F3N3O6. The number of halogens is 3. The van der Waals surface area contributed by atoms with Gasteiger partial charge in [-0.3, -0.25) is 25.0 Å². The fraction of sp³-hybridized carbons (Fsp3) is 0.188. The highest BCUT2D eigenvalue weighted by Crippen LogP contribution is 2.29. The van der Waals surface area contributed by atoms with E-state index in [-0.39, 0.29) is 22.6 Å². The Morgan fingerprint density at radius 1 is 1.11 bits per heavy atom. The van der Waals surface area contributed by atoms with Crippen LogP contribution in [0.4, 0.5) is 30.2 Å². The number of carbonyl (C=O) groups excluding carboxylic acids is 1. The van der Waals surface area contributed by atoms with E-state index in [1.807, 2.05) is 0 Å². The number of carbonyl (C=O) groups is 1. The van der Waals surface area contributed by atoms with Gasteiger partial charge in [0.25, 0.3) is 17.3 Å². The Morgan fingerprint density at radius 3 is 2.21 bits per heavy atom. The van der Waals surface area contributed by atoms with E-state index in [2.05, 4.69) is 10.1 Å². The van der Waals surface area contributed by atoms with Gasteiger partial charge in [0.15, 0.2) is 6.61 Å². The summed E-state index contributed by atoms with van der Waals surface area (Å²) in [6.45, 7) is -0.208. The molecule has 0 aliphatic carbocycles. The number of hydrogen-bond acceptors (Lipinski definition) is 6. The minimum atomic E-state index is -4.50. The minimum absolute atomic E-state index is 0.0711. The highest BCUT2D eigenvalue weighted by molar-refractivity contribution is 6.06. The Kier molecular flexibility index (Phi) is 5.81. The molecule has 0 fully saturated rings. The summed E-state index contributed by atoms with van der Waals surface area (Å²) in [6.07, 6.45) is -4.50. The van der Waals surface area contributed by atoms with Crippen LogP contribution >= 0.6 is 0 Å². The van der Waals surface area contributed by atoms with E-state index in [0.29, 0.717) is 0 Å². The maximum absolute atomic E-state index is 12.4. The van der Waals surface area contributed by atoms with Gasteiger partial charge in [-0.25, -0.2) is 0 Å². The predicted molar refractivity (Wildman–Crippen MR) is 90.4 cm³/mol. The molecule has 0 heterocycles. The number of nitrogens with one attached hydrogen (secondary N) is 1. The zero-order valence-electron chi connectivity index (χ0n) is 14.1. The summed E-state index contributed by atoms with van der Waals surface area (Å²) in [7, 11) is 0. The molecule has 0 bridgehead atoms. The van der Waals surface area contributed by atoms with E-state index < -0.39 is 39.9 Å². The zero-order valence-corrected chi connectivity index (χ0v) is 14.1. The third-order valence-electron chi connectivity index (χ3n) is 3.53. The van der Waals surface area contributed by atoms with Gasteiger partial charge in [0.05, 0.1) is 21.5 Å². The molecule has 9 nitrogen and oxygen atoms in total. The van der Waals surface area contributed by atoms with Crippen molar-refractivity contribution in [1.82, 2.24) is 0 Å². The Bertz CT molecular complexity index is 928. The molecule has 0 atom stereocenters. The summed E-state index contributed by atoms with van der Waals surface area (Å²) >= 11 is 0. The topological polar surface area (TPSA) is 125 Å². The summed E-state index contributed by atoms with van der Waals surface area (Å²) in [5, 5.41) is 24.4. The second kappa shape index (κ2) is 7.90. The number of benzene rings is 2. The van der Waals surface area contributed by atoms with Gasteiger partial charge in [-0.2, -0.15) is 13.2 Å². The highest BCUT2D eigenvalue weighted by atomic mass is 19.4. The second-order valence-corrected chi connectivity index (χ2v) is 5.53. The number of non-ortho nitro benzene ring substituents is 1. The zero-order chi connectivity index (χ0) is 21.1. The van der Waals surface area contributed by atoms with Crippen LogP contribution in [0.5, 0.6) is 5.75 Å². The maximum Gasteiger partial charge on any atom is 0.422 e. The van der Waals surface area contributed by atoms with E-state index in [9.17, 15) is 38.2 Å². The molecule has 0 saturated heterocycles. The van der Waals surface area contributed by atoms with Crippen LogP contribution in [0.15, 0.2) is 36.4 Å². The van der Waals surface area contributed by atoms with Gasteiger partial charge in [0, 0.05) is 17.3 Å². The van der Waals surface area contributed by atoms with Gasteiger partial charge < -0.3 is 10.1 Å². The Labute approximate surface area is 155 Å². The summed E-state index contributed by atoms with van der Waals surface area (Å²) in [6, 6.07) is 6.53. The number of hydrogen-bond donors (Lipinski definition) is 1. The van der Waals surface area contributed by atoms with E-state index in [1.54, 1.807) is 0 Å². The molecule has 2 aromatic rings. The van der Waals surface area contributed by atoms with Gasteiger partial charge in [-0.1, -0.05) is 0 Å². The average Bonchev–Trinajstić information content (AvgIpc) is 2.60. The predicted octanol–water partition coefficient (Wildman–Crippen LogP) is 4.00. The Balaban J connectivity index is 2.23. The molecule has 0 saturated carbocycles. The minimum Gasteiger partial charge on any atom is -0.484 e. The lowest BCUT2D eigenvalue weighted by Crippen LogP contribution is -2.19. The number of amides is 1. The first-order valence-corrected chi connectivity index (χ1v) is 7.52. The number of ether oxygens (including phenoxy) is 1. The quantitative estimate of drug-likeness (QED) is 0.578. The molecule has 0 aliphatic rings. The molecule has 0 spiro atoms. The molecule has 0 unspecified atom stereocenters. The van der Waals surface area contributed by atoms with E-state index in [1.165, 1.54) is 31.2 Å². The molecule has 1 amide bonds. The summed E-state index contributed by atoms with van der Waals surface area (Å²) in [5.41, 5.74) is -1.41. The van der Waals surface area contributed by atoms with E-state index in [4.69, 9.17) is 0 Å². The maximum atomic E-state index is 12.4. The van der Waals surface area contributed by atoms with Crippen molar-refractivity contribution in [1.29, 1.82) is 0 Å². The monoisotopic (exact) mass is 399 g/mol. The van der Waals surface area contributed by atoms with Crippen LogP contribution in [-0.2, 0) is 0 Å². The van der Waals surface area contributed by atoms with Crippen molar-refractivity contribution in [3.63, 3.8) is 0 Å². The molecule has 2 aromatic carbocycles. The molecule has 28 heavy (non-hydrogen) atoms. The lowest BCUT2D eigenvalue weighted by molar-refractivity contribution is -0.394. The lowest BCUT2D eigenvalue weighted by atomic mass is 10.0. The first-order chi connectivity index (χ1) is 13.0. The van der Waals surface area contributed by atoms with Crippen LogP contribution in [0.1, 0.15) is 15.9 Å². The van der Waals surface area contributed by atoms with Crippen molar-refractivity contribution in [2.24, 2.45) is 0 Å². The van der Waals surface area contributed by atoms with Crippen LogP contribution in [0, 0.1) is 27.2 Å². The van der Waals surface area contributed by atoms with Crippen LogP contribution in [0.3, 0.4) is 0 Å². The van der Waals surface area contributed by atoms with Crippen LogP contribution < -0.4 is 10.1 Å². The first kappa shape index (κ1) is 20.6. The SMILES string of the molecule is Cc1c(C(=O)Nc2ccc(OCC(F)(F)F)cc2)cc([N+](=O)[O-])cc1[N+](=O)[O-]. The van der Waals surface area contributed by atoms with Crippen molar-refractivity contribution in [3.05, 3.63) is 67.8 Å². The van der Waals surface area contributed by atoms with Gasteiger partial charge in [0.1, 0.15) is 5.75 Å². The summed E-state index contributed by atoms with van der Waals surface area (Å²) in [4.78, 5) is 32.7. The summed E-state index contributed by atoms with van der Waals surface area (Å²) in [5.74, 6) is -0.939. The molecule has 1 N–H and O–H groups in total. The van der Waals surface area contributed by atoms with E-state index in [0.717, 1.165) is 12.1 Å². The number of alkyl halides is 3. The normalized spacial score (nSPS) is 11.0. The number of rotatable bonds is 6. The van der Waals surface area contributed by atoms with Crippen molar-refractivity contribution in [3.8, 4) is 5.75 Å². The smallest absolute Gasteiger partial charge is 0.422 e. The van der Waals surface area contributed by atoms with Gasteiger partial charge in [-0.15, -0.1) is 0 Å². The fourth-order valence-corrected chi connectivity index (χ4v) is 2.21. The first-order valence-electron chi connectivity index (χ1n) is 7.52. The molecule has 12 heteroatoms. The van der Waals surface area contributed by atoms with Crippen molar-refractivity contribution in [2.75, 3.05) is 11.9 Å². The molecule has 0 aromatic heterocycles. The number of nitro benzene ring substituents is 2. The van der Waals surface area contributed by atoms with Crippen LogP contribution in [-0.4, -0.2) is 28.5 Å².